The second-order valence-electron chi connectivity index (χ2n) is 6.77. The summed E-state index contributed by atoms with van der Waals surface area (Å²) in [5.41, 5.74) is 1.24. The molecular formula is C21H24ClN3O3S. The lowest BCUT2D eigenvalue weighted by Gasteiger charge is -2.21. The van der Waals surface area contributed by atoms with E-state index in [2.05, 4.69) is 4.90 Å². The Balaban J connectivity index is 1.99. The summed E-state index contributed by atoms with van der Waals surface area (Å²) in [4.78, 5) is 21.8. The number of aromatic nitrogens is 1. The lowest BCUT2D eigenvalue weighted by atomic mass is 10.2. The molecule has 0 atom stereocenters. The van der Waals surface area contributed by atoms with E-state index >= 15 is 0 Å². The maximum atomic E-state index is 13.3. The number of anilines is 1. The number of fused-ring (bicyclic) bond motifs is 1. The van der Waals surface area contributed by atoms with Crippen LogP contribution in [0.25, 0.3) is 10.2 Å². The number of hydrogen-bond donors (Lipinski definition) is 0. The zero-order valence-electron chi connectivity index (χ0n) is 16.9. The zero-order valence-corrected chi connectivity index (χ0v) is 18.5. The Morgan fingerprint density at radius 2 is 1.79 bits per heavy atom. The normalized spacial score (nSPS) is 11.1. The Hall–Kier alpha value is -2.35. The van der Waals surface area contributed by atoms with Crippen LogP contribution >= 0.6 is 22.9 Å². The van der Waals surface area contributed by atoms with Gasteiger partial charge < -0.3 is 14.4 Å². The smallest absolute Gasteiger partial charge is 0.260 e. The molecule has 0 N–H and O–H groups in total. The first-order chi connectivity index (χ1) is 13.9. The maximum absolute atomic E-state index is 13.3. The van der Waals surface area contributed by atoms with Crippen molar-refractivity contribution < 1.29 is 14.3 Å². The van der Waals surface area contributed by atoms with Crippen molar-refractivity contribution in [1.29, 1.82) is 0 Å². The van der Waals surface area contributed by atoms with Gasteiger partial charge in [0.1, 0.15) is 17.0 Å². The molecule has 1 amide bonds. The molecule has 0 spiro atoms. The second kappa shape index (κ2) is 9.43. The number of halogens is 1. The van der Waals surface area contributed by atoms with Crippen LogP contribution in [0.3, 0.4) is 0 Å². The number of thiazole rings is 1. The predicted octanol–water partition coefficient (Wildman–Crippen LogP) is 4.57. The average Bonchev–Trinajstić information content (AvgIpc) is 3.17. The quantitative estimate of drug-likeness (QED) is 0.521. The highest BCUT2D eigenvalue weighted by molar-refractivity contribution is 7.23. The molecule has 0 aliphatic carbocycles. The number of carbonyl (C=O) groups excluding carboxylic acids is 1. The van der Waals surface area contributed by atoms with Gasteiger partial charge in [-0.15, -0.1) is 0 Å². The number of methoxy groups -OCH3 is 2. The van der Waals surface area contributed by atoms with Crippen molar-refractivity contribution in [2.24, 2.45) is 0 Å². The second-order valence-corrected chi connectivity index (χ2v) is 8.15. The van der Waals surface area contributed by atoms with Gasteiger partial charge in [0.25, 0.3) is 5.91 Å². The van der Waals surface area contributed by atoms with Gasteiger partial charge in [-0.2, -0.15) is 0 Å². The summed E-state index contributed by atoms with van der Waals surface area (Å²) >= 11 is 7.77. The van der Waals surface area contributed by atoms with Crippen LogP contribution in [0.5, 0.6) is 11.5 Å². The van der Waals surface area contributed by atoms with Gasteiger partial charge >= 0.3 is 0 Å². The molecule has 0 unspecified atom stereocenters. The molecule has 0 saturated carbocycles. The molecule has 0 aliphatic rings. The minimum atomic E-state index is -0.111. The molecule has 0 aliphatic heterocycles. The molecule has 1 aromatic heterocycles. The number of hydrogen-bond acceptors (Lipinski definition) is 6. The van der Waals surface area contributed by atoms with E-state index in [4.69, 9.17) is 26.1 Å². The summed E-state index contributed by atoms with van der Waals surface area (Å²) in [6.45, 7) is 1.41. The highest BCUT2D eigenvalue weighted by Crippen LogP contribution is 2.39. The van der Waals surface area contributed by atoms with E-state index in [0.717, 1.165) is 17.7 Å². The maximum Gasteiger partial charge on any atom is 0.260 e. The van der Waals surface area contributed by atoms with Crippen LogP contribution in [-0.4, -0.2) is 57.2 Å². The van der Waals surface area contributed by atoms with Gasteiger partial charge in [-0.3, -0.25) is 9.69 Å². The molecule has 0 saturated heterocycles. The third-order valence-corrected chi connectivity index (χ3v) is 6.01. The summed E-state index contributed by atoms with van der Waals surface area (Å²) in [5, 5.41) is 1.20. The Morgan fingerprint density at radius 1 is 1.07 bits per heavy atom. The minimum Gasteiger partial charge on any atom is -0.497 e. The number of ether oxygens (including phenoxy) is 2. The van der Waals surface area contributed by atoms with Crippen molar-refractivity contribution in [2.75, 3.05) is 46.3 Å². The zero-order chi connectivity index (χ0) is 21.0. The SMILES string of the molecule is COc1ccc(C(=O)N(CCCN(C)C)c2nc3c(OC)ccc(Cl)c3s2)cc1. The van der Waals surface area contributed by atoms with Crippen molar-refractivity contribution in [3.8, 4) is 11.5 Å². The number of carbonyl (C=O) groups is 1. The van der Waals surface area contributed by atoms with E-state index in [-0.39, 0.29) is 5.91 Å². The average molecular weight is 434 g/mol. The fraction of sp³-hybridized carbons (Fsp3) is 0.333. The van der Waals surface area contributed by atoms with E-state index in [1.54, 1.807) is 55.5 Å². The topological polar surface area (TPSA) is 54.9 Å². The van der Waals surface area contributed by atoms with Crippen LogP contribution in [-0.2, 0) is 0 Å². The highest BCUT2D eigenvalue weighted by atomic mass is 35.5. The van der Waals surface area contributed by atoms with E-state index in [1.165, 1.54) is 11.3 Å². The number of benzene rings is 2. The van der Waals surface area contributed by atoms with Crippen LogP contribution in [0.1, 0.15) is 16.8 Å². The lowest BCUT2D eigenvalue weighted by molar-refractivity contribution is 0.0986. The molecule has 154 valence electrons. The first-order valence-electron chi connectivity index (χ1n) is 9.18. The van der Waals surface area contributed by atoms with Crippen LogP contribution < -0.4 is 14.4 Å². The molecule has 0 radical (unpaired) electrons. The number of nitrogens with zero attached hydrogens (tertiary/aromatic N) is 3. The van der Waals surface area contributed by atoms with Crippen molar-refractivity contribution in [1.82, 2.24) is 9.88 Å². The van der Waals surface area contributed by atoms with E-state index < -0.39 is 0 Å². The minimum absolute atomic E-state index is 0.111. The Labute approximate surface area is 179 Å². The third kappa shape index (κ3) is 4.80. The monoisotopic (exact) mass is 433 g/mol. The van der Waals surface area contributed by atoms with Crippen molar-refractivity contribution >= 4 is 44.2 Å². The standard InChI is InChI=1S/C21H24ClN3O3S/c1-24(2)12-5-13-25(20(26)14-6-8-15(27-3)9-7-14)21-23-18-17(28-4)11-10-16(22)19(18)29-21/h6-11H,5,12-13H2,1-4H3. The van der Waals surface area contributed by atoms with Gasteiger partial charge in [0, 0.05) is 12.1 Å². The van der Waals surface area contributed by atoms with Crippen LogP contribution in [0.15, 0.2) is 36.4 Å². The number of rotatable bonds is 8. The molecule has 6 nitrogen and oxygen atoms in total. The van der Waals surface area contributed by atoms with E-state index in [9.17, 15) is 4.79 Å². The molecule has 1 heterocycles. The molecule has 0 bridgehead atoms. The molecule has 3 rings (SSSR count). The number of amides is 1. The Morgan fingerprint density at radius 3 is 2.41 bits per heavy atom. The van der Waals surface area contributed by atoms with Gasteiger partial charge in [0.05, 0.1) is 23.9 Å². The van der Waals surface area contributed by atoms with Gasteiger partial charge in [-0.05, 0) is 63.5 Å². The molecule has 29 heavy (non-hydrogen) atoms. The van der Waals surface area contributed by atoms with Crippen molar-refractivity contribution in [3.05, 3.63) is 47.0 Å². The van der Waals surface area contributed by atoms with Crippen LogP contribution in [0.4, 0.5) is 5.13 Å². The van der Waals surface area contributed by atoms with Gasteiger partial charge in [-0.1, -0.05) is 22.9 Å². The predicted molar refractivity (Wildman–Crippen MR) is 119 cm³/mol. The van der Waals surface area contributed by atoms with Crippen molar-refractivity contribution in [3.63, 3.8) is 0 Å². The Kier molecular flexibility index (Phi) is 6.95. The molecular weight excluding hydrogens is 410 g/mol. The van der Waals surface area contributed by atoms with E-state index in [0.29, 0.717) is 39.3 Å². The van der Waals surface area contributed by atoms with E-state index in [1.807, 2.05) is 14.1 Å². The summed E-state index contributed by atoms with van der Waals surface area (Å²) < 4.78 is 11.4. The summed E-state index contributed by atoms with van der Waals surface area (Å²) in [6, 6.07) is 10.7. The first-order valence-corrected chi connectivity index (χ1v) is 10.4. The van der Waals surface area contributed by atoms with Gasteiger partial charge in [0.2, 0.25) is 0 Å². The summed E-state index contributed by atoms with van der Waals surface area (Å²) in [5.74, 6) is 1.23. The highest BCUT2D eigenvalue weighted by Gasteiger charge is 2.23. The first kappa shape index (κ1) is 21.4. The summed E-state index contributed by atoms with van der Waals surface area (Å²) in [7, 11) is 7.22. The fourth-order valence-electron chi connectivity index (χ4n) is 2.94. The molecule has 0 fully saturated rings. The van der Waals surface area contributed by atoms with Crippen LogP contribution in [0.2, 0.25) is 5.02 Å². The van der Waals surface area contributed by atoms with Gasteiger partial charge in [-0.25, -0.2) is 4.98 Å². The van der Waals surface area contributed by atoms with Gasteiger partial charge in [0.15, 0.2) is 5.13 Å². The lowest BCUT2D eigenvalue weighted by Crippen LogP contribution is -2.33. The molecule has 8 heteroatoms. The molecule has 3 aromatic rings. The molecule has 2 aromatic carbocycles. The fourth-order valence-corrected chi connectivity index (χ4v) is 4.22. The Bertz CT molecular complexity index is 989. The largest absolute Gasteiger partial charge is 0.497 e. The van der Waals surface area contributed by atoms with Crippen molar-refractivity contribution in [2.45, 2.75) is 6.42 Å². The summed E-state index contributed by atoms with van der Waals surface area (Å²) in [6.07, 6.45) is 0.815. The van der Waals surface area contributed by atoms with Crippen LogP contribution in [0, 0.1) is 0 Å². The third-order valence-electron chi connectivity index (χ3n) is 4.47.